The lowest BCUT2D eigenvalue weighted by Crippen LogP contribution is -2.47. The van der Waals surface area contributed by atoms with Gasteiger partial charge in [0.05, 0.1) is 22.9 Å². The first-order valence-corrected chi connectivity index (χ1v) is 8.35. The summed E-state index contributed by atoms with van der Waals surface area (Å²) < 4.78 is 40.0. The van der Waals surface area contributed by atoms with Crippen LogP contribution in [-0.2, 0) is 10.0 Å². The molecule has 1 aromatic rings. The van der Waals surface area contributed by atoms with Crippen LogP contribution in [0.4, 0.5) is 4.39 Å². The maximum absolute atomic E-state index is 12.9. The maximum atomic E-state index is 12.9. The van der Waals surface area contributed by atoms with Gasteiger partial charge in [-0.05, 0) is 18.1 Å². The minimum Gasteiger partial charge on any atom is -0.391 e. The molecule has 4 nitrogen and oxygen atoms in total. The molecule has 0 aliphatic carbocycles. The summed E-state index contributed by atoms with van der Waals surface area (Å²) in [4.78, 5) is 0.115. The second kappa shape index (κ2) is 7.68. The molecule has 0 unspecified atom stereocenters. The van der Waals surface area contributed by atoms with Crippen LogP contribution in [-0.4, -0.2) is 25.7 Å². The Balaban J connectivity index is 2.98. The van der Waals surface area contributed by atoms with Crippen LogP contribution in [0.25, 0.3) is 0 Å². The average molecular weight is 315 g/mol. The van der Waals surface area contributed by atoms with E-state index < -0.39 is 28.0 Å². The van der Waals surface area contributed by atoms with E-state index >= 15 is 0 Å². The molecule has 21 heavy (non-hydrogen) atoms. The lowest BCUT2D eigenvalue weighted by atomic mass is 9.93. The van der Waals surface area contributed by atoms with Gasteiger partial charge in [0.1, 0.15) is 0 Å². The molecule has 118 valence electrons. The molecular formula is C15H22FNO3S. The lowest BCUT2D eigenvalue weighted by molar-refractivity contribution is 0.106. The summed E-state index contributed by atoms with van der Waals surface area (Å²) in [5, 5.41) is 10.1. The summed E-state index contributed by atoms with van der Waals surface area (Å²) >= 11 is 0. The molecule has 0 heterocycles. The Hall–Kier alpha value is -1.24. The van der Waals surface area contributed by atoms with Crippen LogP contribution in [0.2, 0.25) is 0 Å². The van der Waals surface area contributed by atoms with Gasteiger partial charge in [-0.15, -0.1) is 0 Å². The normalized spacial score (nSPS) is 16.2. The Labute approximate surface area is 125 Å². The first kappa shape index (κ1) is 17.8. The lowest BCUT2D eigenvalue weighted by Gasteiger charge is -2.28. The van der Waals surface area contributed by atoms with Crippen LogP contribution in [0.3, 0.4) is 0 Å². The maximum Gasteiger partial charge on any atom is 0.240 e. The summed E-state index contributed by atoms with van der Waals surface area (Å²) in [6.45, 7) is 6.80. The highest BCUT2D eigenvalue weighted by Crippen LogP contribution is 2.19. The van der Waals surface area contributed by atoms with E-state index in [0.717, 1.165) is 0 Å². The Morgan fingerprint density at radius 3 is 2.43 bits per heavy atom. The molecule has 0 saturated heterocycles. The third-order valence-corrected chi connectivity index (χ3v) is 4.92. The van der Waals surface area contributed by atoms with E-state index in [1.807, 2.05) is 13.8 Å². The van der Waals surface area contributed by atoms with E-state index in [1.165, 1.54) is 12.1 Å². The number of hydrogen-bond acceptors (Lipinski definition) is 3. The quantitative estimate of drug-likeness (QED) is 0.775. The van der Waals surface area contributed by atoms with Gasteiger partial charge in [-0.1, -0.05) is 45.0 Å². The van der Waals surface area contributed by atoms with Crippen molar-refractivity contribution in [2.24, 2.45) is 5.92 Å². The van der Waals surface area contributed by atoms with Gasteiger partial charge >= 0.3 is 0 Å². The molecule has 0 amide bonds. The topological polar surface area (TPSA) is 66.4 Å². The van der Waals surface area contributed by atoms with Crippen molar-refractivity contribution in [1.29, 1.82) is 0 Å². The number of rotatable bonds is 8. The predicted molar refractivity (Wildman–Crippen MR) is 80.9 cm³/mol. The van der Waals surface area contributed by atoms with E-state index in [-0.39, 0.29) is 17.2 Å². The largest absolute Gasteiger partial charge is 0.391 e. The van der Waals surface area contributed by atoms with Crippen LogP contribution in [0.1, 0.15) is 26.7 Å². The van der Waals surface area contributed by atoms with Crippen LogP contribution in [0, 0.1) is 5.92 Å². The number of aliphatic hydroxyl groups excluding tert-OH is 1. The molecule has 0 aliphatic rings. The summed E-state index contributed by atoms with van der Waals surface area (Å²) in [5.74, 6) is -0.812. The van der Waals surface area contributed by atoms with Crippen molar-refractivity contribution in [1.82, 2.24) is 4.72 Å². The van der Waals surface area contributed by atoms with Crippen molar-refractivity contribution in [2.75, 3.05) is 0 Å². The number of nitrogens with one attached hydrogen (secondary N) is 1. The monoisotopic (exact) mass is 315 g/mol. The smallest absolute Gasteiger partial charge is 0.240 e. The molecule has 0 bridgehead atoms. The second-order valence-electron chi connectivity index (χ2n) is 5.13. The van der Waals surface area contributed by atoms with Gasteiger partial charge < -0.3 is 5.11 Å². The van der Waals surface area contributed by atoms with Crippen molar-refractivity contribution < 1.29 is 17.9 Å². The Morgan fingerprint density at radius 1 is 1.38 bits per heavy atom. The first-order chi connectivity index (χ1) is 9.77. The molecule has 1 aromatic carbocycles. The Morgan fingerprint density at radius 2 is 1.95 bits per heavy atom. The van der Waals surface area contributed by atoms with E-state index in [1.54, 1.807) is 18.2 Å². The summed E-state index contributed by atoms with van der Waals surface area (Å²) in [7, 11) is -3.76. The third-order valence-electron chi connectivity index (χ3n) is 3.45. The van der Waals surface area contributed by atoms with Crippen molar-refractivity contribution in [3.63, 3.8) is 0 Å². The van der Waals surface area contributed by atoms with Crippen molar-refractivity contribution in [3.05, 3.63) is 42.7 Å². The number of benzene rings is 1. The predicted octanol–water partition coefficient (Wildman–Crippen LogP) is 2.61. The molecule has 2 N–H and O–H groups in total. The molecule has 0 aliphatic heterocycles. The molecule has 0 spiro atoms. The van der Waals surface area contributed by atoms with Gasteiger partial charge in [-0.25, -0.2) is 17.5 Å². The fourth-order valence-electron chi connectivity index (χ4n) is 2.03. The minimum absolute atomic E-state index is 0.115. The summed E-state index contributed by atoms with van der Waals surface area (Å²) in [5.41, 5.74) is 0. The molecular weight excluding hydrogens is 293 g/mol. The van der Waals surface area contributed by atoms with Crippen molar-refractivity contribution in [2.45, 2.75) is 43.7 Å². The van der Waals surface area contributed by atoms with Gasteiger partial charge in [0.15, 0.2) is 0 Å². The molecule has 0 saturated carbocycles. The Bertz CT molecular complexity index is 560. The number of halogens is 1. The zero-order chi connectivity index (χ0) is 16.0. The molecule has 0 aromatic heterocycles. The SMILES string of the molecule is C=C(F)C[C@H](O)[C@@H](NS(=O)(=O)c1ccccc1)[C@@H](C)CC. The van der Waals surface area contributed by atoms with Gasteiger partial charge in [-0.2, -0.15) is 0 Å². The van der Waals surface area contributed by atoms with E-state index in [9.17, 15) is 17.9 Å². The fraction of sp³-hybridized carbons (Fsp3) is 0.467. The van der Waals surface area contributed by atoms with Crippen LogP contribution in [0.15, 0.2) is 47.6 Å². The summed E-state index contributed by atoms with van der Waals surface area (Å²) in [6.07, 6.45) is -0.791. The zero-order valence-corrected chi connectivity index (χ0v) is 13.1. The van der Waals surface area contributed by atoms with Crippen LogP contribution < -0.4 is 4.72 Å². The van der Waals surface area contributed by atoms with Crippen LogP contribution >= 0.6 is 0 Å². The van der Waals surface area contributed by atoms with Crippen molar-refractivity contribution in [3.8, 4) is 0 Å². The third kappa shape index (κ3) is 5.22. The number of aliphatic hydroxyl groups is 1. The fourth-order valence-corrected chi connectivity index (χ4v) is 3.43. The van der Waals surface area contributed by atoms with Crippen LogP contribution in [0.5, 0.6) is 0 Å². The first-order valence-electron chi connectivity index (χ1n) is 6.86. The number of hydrogen-bond donors (Lipinski definition) is 2. The minimum atomic E-state index is -3.76. The Kier molecular flexibility index (Phi) is 6.51. The van der Waals surface area contributed by atoms with Gasteiger partial charge in [0, 0.05) is 6.42 Å². The molecule has 3 atom stereocenters. The zero-order valence-electron chi connectivity index (χ0n) is 12.3. The van der Waals surface area contributed by atoms with E-state index in [2.05, 4.69) is 11.3 Å². The van der Waals surface area contributed by atoms with Gasteiger partial charge in [-0.3, -0.25) is 0 Å². The highest BCUT2D eigenvalue weighted by Gasteiger charge is 2.30. The number of sulfonamides is 1. The van der Waals surface area contributed by atoms with E-state index in [0.29, 0.717) is 6.42 Å². The summed E-state index contributed by atoms with van der Waals surface area (Å²) in [6, 6.07) is 7.12. The van der Waals surface area contributed by atoms with Gasteiger partial charge in [0.25, 0.3) is 0 Å². The second-order valence-corrected chi connectivity index (χ2v) is 6.85. The highest BCUT2D eigenvalue weighted by molar-refractivity contribution is 7.89. The molecule has 0 radical (unpaired) electrons. The van der Waals surface area contributed by atoms with E-state index in [4.69, 9.17) is 0 Å². The molecule has 6 heteroatoms. The average Bonchev–Trinajstić information content (AvgIpc) is 2.44. The molecule has 1 rings (SSSR count). The molecule has 0 fully saturated rings. The van der Waals surface area contributed by atoms with Gasteiger partial charge in [0.2, 0.25) is 10.0 Å². The van der Waals surface area contributed by atoms with Crippen molar-refractivity contribution >= 4 is 10.0 Å². The highest BCUT2D eigenvalue weighted by atomic mass is 32.2. The standard InChI is InChI=1S/C15H22FNO3S/c1-4-11(2)15(14(18)10-12(3)16)17-21(19,20)13-8-6-5-7-9-13/h5-9,11,14-15,17-18H,3-4,10H2,1-2H3/t11-,14-,15-/m0/s1.